The molecule has 2 heterocycles. The topological polar surface area (TPSA) is 175 Å². The van der Waals surface area contributed by atoms with Gasteiger partial charge in [0.2, 0.25) is 20.0 Å². The van der Waals surface area contributed by atoms with Crippen molar-refractivity contribution < 1.29 is 26.4 Å². The molecule has 4 atom stereocenters. The molecule has 8 rings (SSSR count). The monoisotopic (exact) mass is 810 g/mol. The van der Waals surface area contributed by atoms with Gasteiger partial charge in [-0.3, -0.25) is 9.80 Å². The highest BCUT2D eigenvalue weighted by atomic mass is 32.2. The number of aryl methyl sites for hydroxylation is 4. The second kappa shape index (κ2) is 18.1. The van der Waals surface area contributed by atoms with Gasteiger partial charge in [-0.2, -0.15) is 0 Å². The van der Waals surface area contributed by atoms with Crippen LogP contribution in [-0.2, 0) is 71.4 Å². The Kier molecular flexibility index (Phi) is 13.7. The normalized spacial score (nSPS) is 22.4. The number of benzene rings is 2. The Bertz CT molecular complexity index is 1970. The Morgan fingerprint density at radius 2 is 1.20 bits per heavy atom. The van der Waals surface area contributed by atoms with Gasteiger partial charge in [0.25, 0.3) is 6.26 Å². The molecule has 2 aromatic rings. The number of urea groups is 1. The molecule has 56 heavy (non-hydrogen) atoms. The minimum absolute atomic E-state index is 0.346. The third-order valence-electron chi connectivity index (χ3n) is 13.2. The average Bonchev–Trinajstić information content (AvgIpc) is 4.01. The minimum Gasteiger partial charge on any atom is -0.387 e. The van der Waals surface area contributed by atoms with Gasteiger partial charge in [0.1, 0.15) is 5.75 Å². The zero-order chi connectivity index (χ0) is 40.2. The van der Waals surface area contributed by atoms with Gasteiger partial charge in [0, 0.05) is 30.9 Å². The average molecular weight is 811 g/mol. The fraction of sp³-hybridized carbons (Fsp3) is 0.667. The number of carbonyl (C=O) groups excluding carboxylic acids is 1. The molecule has 308 valence electrons. The number of nitrogens with zero attached hydrogens (tertiary/aromatic N) is 3. The van der Waals surface area contributed by atoms with Crippen molar-refractivity contribution in [3.8, 4) is 12.0 Å². The van der Waals surface area contributed by atoms with E-state index in [0.29, 0.717) is 38.0 Å². The smallest absolute Gasteiger partial charge is 0.332 e. The summed E-state index contributed by atoms with van der Waals surface area (Å²) in [5, 5.41) is 15.9. The van der Waals surface area contributed by atoms with Crippen LogP contribution in [0.1, 0.15) is 124 Å². The van der Waals surface area contributed by atoms with E-state index in [2.05, 4.69) is 59.7 Å². The quantitative estimate of drug-likeness (QED) is 0.270. The molecule has 2 saturated heterocycles. The van der Waals surface area contributed by atoms with Crippen LogP contribution in [-0.4, -0.2) is 81.4 Å². The number of nitrogens with one attached hydrogen (secondary N) is 2. The molecule has 0 aromatic heterocycles. The van der Waals surface area contributed by atoms with Gasteiger partial charge in [-0.25, -0.2) is 31.5 Å². The van der Waals surface area contributed by atoms with Crippen LogP contribution in [0.15, 0.2) is 12.1 Å². The molecule has 4 aliphatic carbocycles. The highest BCUT2D eigenvalue weighted by Gasteiger charge is 2.36. The summed E-state index contributed by atoms with van der Waals surface area (Å²) < 4.78 is 55.1. The molecule has 2 aliphatic heterocycles. The van der Waals surface area contributed by atoms with Crippen LogP contribution < -0.4 is 19.9 Å². The summed E-state index contributed by atoms with van der Waals surface area (Å²) in [6.45, 7) is 11.2. The number of hydrogen-bond donors (Lipinski definition) is 3. The van der Waals surface area contributed by atoms with Gasteiger partial charge in [0.05, 0.1) is 10.5 Å². The highest BCUT2D eigenvalue weighted by molar-refractivity contribution is 7.90. The number of ether oxygens (including phenoxy) is 1. The molecular weight excluding hydrogens is 749 g/mol. The van der Waals surface area contributed by atoms with E-state index in [4.69, 9.17) is 15.1 Å². The number of fused-ring (bicyclic) bond motifs is 4. The van der Waals surface area contributed by atoms with Gasteiger partial charge in [-0.05, 0) is 174 Å². The first-order valence-corrected chi connectivity index (χ1v) is 24.1. The van der Waals surface area contributed by atoms with Crippen molar-refractivity contribution in [1.29, 1.82) is 5.26 Å². The van der Waals surface area contributed by atoms with Crippen molar-refractivity contribution in [1.82, 2.24) is 14.5 Å². The number of primary sulfonamides is 1. The van der Waals surface area contributed by atoms with E-state index in [1.165, 1.54) is 57.3 Å². The van der Waals surface area contributed by atoms with E-state index in [0.717, 1.165) is 102 Å². The van der Waals surface area contributed by atoms with Gasteiger partial charge in [0.15, 0.2) is 0 Å². The maximum atomic E-state index is 12.8. The molecule has 0 bridgehead atoms. The van der Waals surface area contributed by atoms with Gasteiger partial charge >= 0.3 is 6.03 Å². The van der Waals surface area contributed by atoms with Gasteiger partial charge in [-0.15, -0.1) is 5.26 Å². The SMILES string of the molecule is CCC(C)N1CCC(S(=O)(=O)NC(=O)Nc2c3c(cc4c2CCC4)CCC3)C1.CCC(C)N1CCC(S(N)(=O)=O)C1.N#COc1c2c(cc3c1CCC3)CCC2. The van der Waals surface area contributed by atoms with Gasteiger partial charge < -0.3 is 10.1 Å². The maximum absolute atomic E-state index is 12.8. The molecular formula is C42H62N6O6S2. The zero-order valence-corrected chi connectivity index (χ0v) is 35.4. The summed E-state index contributed by atoms with van der Waals surface area (Å²) >= 11 is 0. The molecule has 6 aliphatic rings. The number of carbonyl (C=O) groups is 1. The lowest BCUT2D eigenvalue weighted by molar-refractivity contribution is 0.252. The fourth-order valence-electron chi connectivity index (χ4n) is 9.60. The van der Waals surface area contributed by atoms with Crippen LogP contribution in [0.4, 0.5) is 10.5 Å². The summed E-state index contributed by atoms with van der Waals surface area (Å²) in [6.07, 6.45) is 18.2. The van der Waals surface area contributed by atoms with Crippen molar-refractivity contribution in [2.75, 3.05) is 31.5 Å². The maximum Gasteiger partial charge on any atom is 0.332 e. The summed E-state index contributed by atoms with van der Waals surface area (Å²) in [7, 11) is -7.00. The van der Waals surface area contributed by atoms with E-state index in [1.54, 1.807) is 0 Å². The predicted molar refractivity (Wildman–Crippen MR) is 221 cm³/mol. The Hall–Kier alpha value is -3.22. The molecule has 2 amide bonds. The summed E-state index contributed by atoms with van der Waals surface area (Å²) in [6, 6.07) is 4.85. The number of nitrogens with two attached hydrogens (primary N) is 1. The number of amides is 2. The molecule has 12 nitrogen and oxygen atoms in total. The van der Waals surface area contributed by atoms with E-state index < -0.39 is 31.3 Å². The first-order chi connectivity index (χ1) is 26.7. The minimum atomic E-state index is -3.69. The first kappa shape index (κ1) is 42.4. The Morgan fingerprint density at radius 1 is 0.768 bits per heavy atom. The summed E-state index contributed by atoms with van der Waals surface area (Å²) in [4.78, 5) is 17.0. The van der Waals surface area contributed by atoms with Crippen molar-refractivity contribution in [3.63, 3.8) is 0 Å². The summed E-state index contributed by atoms with van der Waals surface area (Å²) in [5.41, 5.74) is 11.4. The molecule has 0 radical (unpaired) electrons. The molecule has 0 saturated carbocycles. The molecule has 2 aromatic carbocycles. The lowest BCUT2D eigenvalue weighted by Crippen LogP contribution is -2.42. The van der Waals surface area contributed by atoms with Crippen molar-refractivity contribution >= 4 is 31.8 Å². The molecule has 2 fully saturated rings. The number of anilines is 1. The van der Waals surface area contributed by atoms with Crippen molar-refractivity contribution in [2.24, 2.45) is 5.14 Å². The molecule has 4 N–H and O–H groups in total. The molecule has 0 spiro atoms. The highest BCUT2D eigenvalue weighted by Crippen LogP contribution is 2.40. The lowest BCUT2D eigenvalue weighted by atomic mass is 9.99. The van der Waals surface area contributed by atoms with Crippen LogP contribution >= 0.6 is 0 Å². The summed E-state index contributed by atoms with van der Waals surface area (Å²) in [5.74, 6) is 0.903. The molecule has 4 unspecified atom stereocenters. The Morgan fingerprint density at radius 3 is 1.62 bits per heavy atom. The number of hydrogen-bond acceptors (Lipinski definition) is 9. The van der Waals surface area contributed by atoms with E-state index in [1.807, 2.05) is 6.26 Å². The van der Waals surface area contributed by atoms with Crippen molar-refractivity contribution in [2.45, 2.75) is 153 Å². The zero-order valence-electron chi connectivity index (χ0n) is 33.8. The van der Waals surface area contributed by atoms with Crippen LogP contribution in [0.3, 0.4) is 0 Å². The number of sulfonamides is 2. The number of rotatable bonds is 9. The predicted octanol–water partition coefficient (Wildman–Crippen LogP) is 5.66. The van der Waals surface area contributed by atoms with Crippen LogP contribution in [0.5, 0.6) is 5.75 Å². The van der Waals surface area contributed by atoms with Crippen LogP contribution in [0.25, 0.3) is 0 Å². The second-order valence-electron chi connectivity index (χ2n) is 16.6. The lowest BCUT2D eigenvalue weighted by Gasteiger charge is -2.23. The second-order valence-corrected chi connectivity index (χ2v) is 20.4. The third kappa shape index (κ3) is 9.55. The first-order valence-electron chi connectivity index (χ1n) is 20.9. The van der Waals surface area contributed by atoms with E-state index in [-0.39, 0.29) is 5.25 Å². The van der Waals surface area contributed by atoms with E-state index >= 15 is 0 Å². The molecule has 14 heteroatoms. The Balaban J connectivity index is 0.000000159. The number of nitriles is 1. The van der Waals surface area contributed by atoms with Crippen molar-refractivity contribution in [3.05, 3.63) is 56.6 Å². The van der Waals surface area contributed by atoms with Crippen LogP contribution in [0.2, 0.25) is 0 Å². The largest absolute Gasteiger partial charge is 0.387 e. The third-order valence-corrected chi connectivity index (χ3v) is 16.2. The number of likely N-dealkylation sites (tertiary alicyclic amines) is 2. The fourth-order valence-corrected chi connectivity index (χ4v) is 11.7. The van der Waals surface area contributed by atoms with Gasteiger partial charge in [-0.1, -0.05) is 26.0 Å². The van der Waals surface area contributed by atoms with E-state index in [9.17, 15) is 21.6 Å². The van der Waals surface area contributed by atoms with Crippen LogP contribution in [0, 0.1) is 11.5 Å². The standard InChI is InChI=1S/C21H31N3O3S.C13H13NO.C8H18N2O2S/c1-3-14(2)24-11-10-17(13-24)28(26,27)23-21(25)22-20-18-8-4-6-15(18)12-16-7-5-9-19(16)20;14-8-15-13-11-5-1-3-9(11)7-10-4-2-6-12(10)13;1-3-7(2)10-5-4-8(6-10)13(9,11)12/h12,14,17H,3-11,13H2,1-2H3,(H2,22,23,25);7H,1-6H2;7-8H,3-6H2,1-2H3,(H2,9,11,12). The Labute approximate surface area is 335 Å².